The average molecular weight is 279 g/mol. The lowest BCUT2D eigenvalue weighted by atomic mass is 9.98. The first-order valence-corrected chi connectivity index (χ1v) is 7.35. The molecule has 4 heteroatoms. The molecule has 2 aliphatic heterocycles. The predicted octanol–water partition coefficient (Wildman–Crippen LogP) is 1.68. The summed E-state index contributed by atoms with van der Waals surface area (Å²) in [5.74, 6) is 0.465. The highest BCUT2D eigenvalue weighted by Crippen LogP contribution is 2.31. The Morgan fingerprint density at radius 1 is 1.33 bits per heavy atom. The molecule has 2 bridgehead atoms. The van der Waals surface area contributed by atoms with Crippen LogP contribution in [0.1, 0.15) is 16.8 Å². The van der Waals surface area contributed by atoms with Crippen LogP contribution in [0.15, 0.2) is 36.7 Å². The maximum atomic E-state index is 12.8. The summed E-state index contributed by atoms with van der Waals surface area (Å²) in [4.78, 5) is 16.8. The van der Waals surface area contributed by atoms with Gasteiger partial charge in [0.1, 0.15) is 0 Å². The van der Waals surface area contributed by atoms with Crippen LogP contribution in [0.4, 0.5) is 0 Å². The second kappa shape index (κ2) is 4.64. The average Bonchev–Trinajstić information content (AvgIpc) is 3.23. The minimum absolute atomic E-state index is 0.0631. The van der Waals surface area contributed by atoms with E-state index in [9.17, 15) is 4.79 Å². The first kappa shape index (κ1) is 12.5. The molecule has 2 aromatic rings. The molecule has 0 spiro atoms. The lowest BCUT2D eigenvalue weighted by Gasteiger charge is -2.30. The molecule has 4 rings (SSSR count). The number of pyridine rings is 1. The number of aromatic nitrogens is 1. The van der Waals surface area contributed by atoms with Crippen molar-refractivity contribution < 1.29 is 4.79 Å². The first-order valence-electron chi connectivity index (χ1n) is 7.35. The summed E-state index contributed by atoms with van der Waals surface area (Å²) < 4.78 is 1.95. The first-order chi connectivity index (χ1) is 10.3. The van der Waals surface area contributed by atoms with E-state index in [0.29, 0.717) is 11.5 Å². The van der Waals surface area contributed by atoms with Gasteiger partial charge in [0.25, 0.3) is 5.91 Å². The molecular weight excluding hydrogens is 262 g/mol. The molecule has 0 aliphatic carbocycles. The van der Waals surface area contributed by atoms with E-state index < -0.39 is 0 Å². The third-order valence-electron chi connectivity index (χ3n) is 4.76. The Hall–Kier alpha value is -2.25. The highest BCUT2D eigenvalue weighted by atomic mass is 16.2. The van der Waals surface area contributed by atoms with Gasteiger partial charge in [-0.25, -0.2) is 0 Å². The maximum Gasteiger partial charge on any atom is 0.267 e. The zero-order valence-electron chi connectivity index (χ0n) is 11.8. The zero-order chi connectivity index (χ0) is 14.4. The van der Waals surface area contributed by atoms with Crippen LogP contribution in [0.3, 0.4) is 0 Å². The molecule has 2 aliphatic rings. The summed E-state index contributed by atoms with van der Waals surface area (Å²) in [7, 11) is 0. The van der Waals surface area contributed by atoms with Gasteiger partial charge in [0.15, 0.2) is 0 Å². The quantitative estimate of drug-likeness (QED) is 0.618. The van der Waals surface area contributed by atoms with Crippen LogP contribution in [-0.2, 0) is 0 Å². The van der Waals surface area contributed by atoms with Crippen molar-refractivity contribution in [1.82, 2.24) is 14.2 Å². The van der Waals surface area contributed by atoms with Crippen molar-refractivity contribution in [3.05, 3.63) is 42.2 Å². The molecule has 0 saturated carbocycles. The Bertz CT molecular complexity index is 742. The Morgan fingerprint density at radius 3 is 2.95 bits per heavy atom. The van der Waals surface area contributed by atoms with E-state index in [1.807, 2.05) is 41.1 Å². The fraction of sp³-hybridized carbons (Fsp3) is 0.353. The van der Waals surface area contributed by atoms with Gasteiger partial charge in [-0.3, -0.25) is 9.69 Å². The molecule has 2 saturated heterocycles. The van der Waals surface area contributed by atoms with Crippen molar-refractivity contribution in [3.8, 4) is 12.5 Å². The van der Waals surface area contributed by atoms with E-state index >= 15 is 0 Å². The molecule has 0 radical (unpaired) electrons. The molecule has 4 heterocycles. The van der Waals surface area contributed by atoms with Crippen LogP contribution < -0.4 is 0 Å². The maximum absolute atomic E-state index is 12.8. The Labute approximate surface area is 124 Å². The molecule has 106 valence electrons. The molecule has 1 amide bonds. The molecule has 0 aromatic carbocycles. The lowest BCUT2D eigenvalue weighted by Crippen LogP contribution is -2.44. The third-order valence-corrected chi connectivity index (χ3v) is 4.76. The van der Waals surface area contributed by atoms with Crippen molar-refractivity contribution in [2.45, 2.75) is 12.5 Å². The standard InChI is InChI=1S/C17H17N3O/c1-2-20(16-12-18-9-7-13(16)10-18)17(21)14-5-6-15-4-3-8-19(15)11-14/h1,3-6,8,11,13,16H,7,9-10,12H2/t13-,16?/m0/s1. The summed E-state index contributed by atoms with van der Waals surface area (Å²) in [6, 6.07) is 10.6. The molecule has 21 heavy (non-hydrogen) atoms. The van der Waals surface area contributed by atoms with E-state index in [1.54, 1.807) is 4.90 Å². The van der Waals surface area contributed by atoms with Crippen LogP contribution in [0.5, 0.6) is 0 Å². The second-order valence-corrected chi connectivity index (χ2v) is 5.94. The summed E-state index contributed by atoms with van der Waals surface area (Å²) in [6.07, 6.45) is 10.6. The normalized spacial score (nSPS) is 26.9. The molecule has 4 nitrogen and oxygen atoms in total. The minimum atomic E-state index is -0.0631. The summed E-state index contributed by atoms with van der Waals surface area (Å²) in [5, 5.41) is 0. The van der Waals surface area contributed by atoms with Crippen molar-refractivity contribution >= 4 is 11.4 Å². The number of carbonyl (C=O) groups excluding carboxylic acids is 1. The molecule has 3 atom stereocenters. The fourth-order valence-corrected chi connectivity index (χ4v) is 3.65. The van der Waals surface area contributed by atoms with Gasteiger partial charge in [0.05, 0.1) is 11.6 Å². The predicted molar refractivity (Wildman–Crippen MR) is 80.7 cm³/mol. The minimum Gasteiger partial charge on any atom is -0.323 e. The Balaban J connectivity index is 1.64. The number of nitrogens with zero attached hydrogens (tertiary/aromatic N) is 3. The van der Waals surface area contributed by atoms with E-state index in [2.05, 4.69) is 10.9 Å². The van der Waals surface area contributed by atoms with Crippen LogP contribution in [0.25, 0.3) is 5.52 Å². The number of amides is 1. The third kappa shape index (κ3) is 1.93. The van der Waals surface area contributed by atoms with Gasteiger partial charge in [-0.2, -0.15) is 0 Å². The number of rotatable bonds is 2. The summed E-state index contributed by atoms with van der Waals surface area (Å²) in [5.41, 5.74) is 1.72. The van der Waals surface area contributed by atoms with Gasteiger partial charge in [-0.1, -0.05) is 6.42 Å². The van der Waals surface area contributed by atoms with Gasteiger partial charge < -0.3 is 9.30 Å². The molecular formula is C17H17N3O. The highest BCUT2D eigenvalue weighted by Gasteiger charge is 2.42. The van der Waals surface area contributed by atoms with Crippen LogP contribution >= 0.6 is 0 Å². The smallest absolute Gasteiger partial charge is 0.267 e. The summed E-state index contributed by atoms with van der Waals surface area (Å²) in [6.45, 7) is 3.13. The SMILES string of the molecule is C#CN(C(=O)c1ccc2cccn2c1)C1CN2CC[C@H]1C2. The fourth-order valence-electron chi connectivity index (χ4n) is 3.65. The number of hydrogen-bond acceptors (Lipinski definition) is 2. The van der Waals surface area contributed by atoms with Gasteiger partial charge >= 0.3 is 0 Å². The van der Waals surface area contributed by atoms with Crippen LogP contribution in [-0.4, -0.2) is 45.8 Å². The number of terminal acetylenes is 1. The Kier molecular flexibility index (Phi) is 2.76. The van der Waals surface area contributed by atoms with Crippen molar-refractivity contribution in [2.75, 3.05) is 19.6 Å². The van der Waals surface area contributed by atoms with Gasteiger partial charge in [-0.05, 0) is 43.1 Å². The highest BCUT2D eigenvalue weighted by molar-refractivity contribution is 5.95. The largest absolute Gasteiger partial charge is 0.323 e. The van der Waals surface area contributed by atoms with Gasteiger partial charge in [0.2, 0.25) is 0 Å². The molecule has 2 unspecified atom stereocenters. The second-order valence-electron chi connectivity index (χ2n) is 5.94. The van der Waals surface area contributed by atoms with Gasteiger partial charge in [0, 0.05) is 37.0 Å². The van der Waals surface area contributed by atoms with E-state index in [0.717, 1.165) is 31.6 Å². The number of hydrogen-bond donors (Lipinski definition) is 0. The summed E-state index contributed by atoms with van der Waals surface area (Å²) >= 11 is 0. The topological polar surface area (TPSA) is 28.0 Å². The number of fused-ring (bicyclic) bond motifs is 3. The monoisotopic (exact) mass is 279 g/mol. The molecule has 2 fully saturated rings. The Morgan fingerprint density at radius 2 is 2.24 bits per heavy atom. The lowest BCUT2D eigenvalue weighted by molar-refractivity contribution is 0.0747. The molecule has 2 aromatic heterocycles. The van der Waals surface area contributed by atoms with E-state index in [-0.39, 0.29) is 11.9 Å². The van der Waals surface area contributed by atoms with Crippen LogP contribution in [0, 0.1) is 18.4 Å². The van der Waals surface area contributed by atoms with E-state index in [4.69, 9.17) is 6.42 Å². The van der Waals surface area contributed by atoms with Crippen molar-refractivity contribution in [3.63, 3.8) is 0 Å². The van der Waals surface area contributed by atoms with Gasteiger partial charge in [-0.15, -0.1) is 0 Å². The van der Waals surface area contributed by atoms with E-state index in [1.165, 1.54) is 0 Å². The van der Waals surface area contributed by atoms with Crippen molar-refractivity contribution in [1.29, 1.82) is 0 Å². The zero-order valence-corrected chi connectivity index (χ0v) is 11.8. The molecule has 0 N–H and O–H groups in total. The van der Waals surface area contributed by atoms with Crippen LogP contribution in [0.2, 0.25) is 0 Å². The number of piperidine rings is 1. The number of carbonyl (C=O) groups is 1. The van der Waals surface area contributed by atoms with Crippen molar-refractivity contribution in [2.24, 2.45) is 5.92 Å².